The van der Waals surface area contributed by atoms with Crippen molar-refractivity contribution in [2.24, 2.45) is 20.5 Å². The van der Waals surface area contributed by atoms with Gasteiger partial charge in [-0.05, 0) is 55.6 Å². The summed E-state index contributed by atoms with van der Waals surface area (Å²) in [5, 5.41) is 26.9. The first kappa shape index (κ1) is 29.9. The lowest BCUT2D eigenvalue weighted by Crippen LogP contribution is -2.01. The highest BCUT2D eigenvalue weighted by Crippen LogP contribution is 2.45. The van der Waals surface area contributed by atoms with Crippen LogP contribution < -0.4 is 19.9 Å². The lowest BCUT2D eigenvalue weighted by atomic mass is 10.1. The van der Waals surface area contributed by atoms with Gasteiger partial charge in [0.1, 0.15) is 33.5 Å². The number of hydrogen-bond donors (Lipinski definition) is 3. The molecule has 14 heteroatoms. The number of hydrogen-bond acceptors (Lipinski definition) is 11. The van der Waals surface area contributed by atoms with Crippen molar-refractivity contribution in [1.29, 1.82) is 0 Å². The average Bonchev–Trinajstić information content (AvgIpc) is 2.95. The van der Waals surface area contributed by atoms with Crippen molar-refractivity contribution in [3.05, 3.63) is 66.2 Å². The Labute approximate surface area is 241 Å². The SMILES string of the molecule is CCOc1cc(N=Nc2c(S(=O)(=O)O)cc3ccc(N)cc3c2OC)c(OCC)cc1N=Nc1cccc(C(=O)O)c1. The van der Waals surface area contributed by atoms with E-state index in [1.54, 1.807) is 44.2 Å². The highest BCUT2D eigenvalue weighted by atomic mass is 32.2. The molecular formula is C28H27N5O8S. The molecule has 0 bridgehead atoms. The topological polar surface area (TPSA) is 195 Å². The Morgan fingerprint density at radius 1 is 0.881 bits per heavy atom. The second-order valence-corrected chi connectivity index (χ2v) is 10.0. The van der Waals surface area contributed by atoms with Crippen LogP contribution in [0.15, 0.2) is 86.0 Å². The quantitative estimate of drug-likeness (QED) is 0.0931. The van der Waals surface area contributed by atoms with Crippen LogP contribution in [0.4, 0.5) is 28.4 Å². The Balaban J connectivity index is 1.85. The lowest BCUT2D eigenvalue weighted by molar-refractivity contribution is 0.0697. The van der Waals surface area contributed by atoms with Gasteiger partial charge in [0.05, 0.1) is 31.6 Å². The number of nitrogens with two attached hydrogens (primary N) is 1. The van der Waals surface area contributed by atoms with Crippen molar-refractivity contribution in [3.8, 4) is 17.2 Å². The van der Waals surface area contributed by atoms with Gasteiger partial charge < -0.3 is 25.1 Å². The number of benzene rings is 4. The van der Waals surface area contributed by atoms with Crippen molar-refractivity contribution in [2.75, 3.05) is 26.1 Å². The number of aromatic carboxylic acids is 1. The highest BCUT2D eigenvalue weighted by molar-refractivity contribution is 7.86. The summed E-state index contributed by atoms with van der Waals surface area (Å²) >= 11 is 0. The van der Waals surface area contributed by atoms with Gasteiger partial charge >= 0.3 is 5.97 Å². The molecule has 0 radical (unpaired) electrons. The fourth-order valence-electron chi connectivity index (χ4n) is 4.00. The fraction of sp³-hybridized carbons (Fsp3) is 0.179. The third-order valence-electron chi connectivity index (χ3n) is 5.80. The number of ether oxygens (including phenoxy) is 3. The van der Waals surface area contributed by atoms with E-state index in [-0.39, 0.29) is 53.1 Å². The molecule has 0 heterocycles. The maximum absolute atomic E-state index is 12.3. The van der Waals surface area contributed by atoms with Gasteiger partial charge in [-0.25, -0.2) is 4.79 Å². The molecule has 218 valence electrons. The van der Waals surface area contributed by atoms with Crippen LogP contribution in [0.1, 0.15) is 24.2 Å². The summed E-state index contributed by atoms with van der Waals surface area (Å²) in [6, 6.07) is 15.0. The monoisotopic (exact) mass is 593 g/mol. The van der Waals surface area contributed by atoms with Crippen LogP contribution >= 0.6 is 0 Å². The summed E-state index contributed by atoms with van der Waals surface area (Å²) < 4.78 is 51.6. The lowest BCUT2D eigenvalue weighted by Gasteiger charge is -2.13. The Bertz CT molecular complexity index is 1820. The second-order valence-electron chi connectivity index (χ2n) is 8.62. The standard InChI is InChI=1S/C28H27N5O8S/c1-4-40-23-15-22(24(41-5-2)14-21(23)31-30-19-8-6-7-17(11-19)28(34)35)32-33-26-25(42(36,37)38)12-16-9-10-18(29)13-20(16)27(26)39-3/h6-15H,4-5,29H2,1-3H3,(H,34,35)(H,36,37,38). The number of carboxylic acids is 1. The Morgan fingerprint density at radius 2 is 1.52 bits per heavy atom. The molecule has 0 aliphatic rings. The van der Waals surface area contributed by atoms with Gasteiger partial charge in [0.25, 0.3) is 10.1 Å². The third-order valence-corrected chi connectivity index (χ3v) is 6.67. The molecule has 0 atom stereocenters. The number of anilines is 1. The molecule has 4 rings (SSSR count). The van der Waals surface area contributed by atoms with Crippen molar-refractivity contribution in [3.63, 3.8) is 0 Å². The molecule has 0 unspecified atom stereocenters. The van der Waals surface area contributed by atoms with Crippen molar-refractivity contribution in [2.45, 2.75) is 18.7 Å². The molecule has 0 saturated carbocycles. The number of nitrogens with zero attached hydrogens (tertiary/aromatic N) is 4. The van der Waals surface area contributed by atoms with Crippen molar-refractivity contribution < 1.29 is 37.1 Å². The Morgan fingerprint density at radius 3 is 2.10 bits per heavy atom. The molecule has 13 nitrogen and oxygen atoms in total. The molecule has 0 saturated heterocycles. The summed E-state index contributed by atoms with van der Waals surface area (Å²) in [6.07, 6.45) is 0. The number of carbonyl (C=O) groups is 1. The fourth-order valence-corrected chi connectivity index (χ4v) is 4.65. The van der Waals surface area contributed by atoms with E-state index in [0.717, 1.165) is 0 Å². The largest absolute Gasteiger partial charge is 0.494 e. The summed E-state index contributed by atoms with van der Waals surface area (Å²) in [7, 11) is -3.41. The van der Waals surface area contributed by atoms with Gasteiger partial charge in [-0.1, -0.05) is 12.1 Å². The molecule has 0 aliphatic carbocycles. The molecule has 4 N–H and O–H groups in total. The Hall–Kier alpha value is -5.08. The minimum absolute atomic E-state index is 0.0353. The number of fused-ring (bicyclic) bond motifs is 1. The van der Waals surface area contributed by atoms with Gasteiger partial charge in [0.2, 0.25) is 0 Å². The van der Waals surface area contributed by atoms with Crippen LogP contribution in [-0.2, 0) is 10.1 Å². The van der Waals surface area contributed by atoms with E-state index in [0.29, 0.717) is 22.1 Å². The van der Waals surface area contributed by atoms with Gasteiger partial charge in [0.15, 0.2) is 5.75 Å². The van der Waals surface area contributed by atoms with Gasteiger partial charge in [-0.15, -0.1) is 15.3 Å². The summed E-state index contributed by atoms with van der Waals surface area (Å²) in [5.74, 6) is -0.594. The minimum atomic E-state index is -4.74. The van der Waals surface area contributed by atoms with Crippen LogP contribution in [0, 0.1) is 0 Å². The van der Waals surface area contributed by atoms with Gasteiger partial charge in [0, 0.05) is 23.2 Å². The van der Waals surface area contributed by atoms with E-state index < -0.39 is 21.0 Å². The van der Waals surface area contributed by atoms with E-state index >= 15 is 0 Å². The molecule has 42 heavy (non-hydrogen) atoms. The maximum atomic E-state index is 12.3. The molecule has 4 aromatic carbocycles. The zero-order chi connectivity index (χ0) is 30.4. The van der Waals surface area contributed by atoms with Crippen LogP contribution in [0.25, 0.3) is 10.8 Å². The maximum Gasteiger partial charge on any atom is 0.335 e. The summed E-state index contributed by atoms with van der Waals surface area (Å²) in [6.45, 7) is 4.01. The first-order chi connectivity index (χ1) is 20.0. The van der Waals surface area contributed by atoms with Crippen LogP contribution in [0.2, 0.25) is 0 Å². The summed E-state index contributed by atoms with van der Waals surface area (Å²) in [4.78, 5) is 10.8. The second kappa shape index (κ2) is 12.6. The first-order valence-corrected chi connectivity index (χ1v) is 14.0. The van der Waals surface area contributed by atoms with Crippen molar-refractivity contribution >= 4 is 55.3 Å². The third kappa shape index (κ3) is 6.62. The summed E-state index contributed by atoms with van der Waals surface area (Å²) in [5.41, 5.74) is 6.86. The molecule has 0 amide bonds. The smallest absolute Gasteiger partial charge is 0.335 e. The number of azo groups is 2. The Kier molecular flexibility index (Phi) is 8.98. The first-order valence-electron chi connectivity index (χ1n) is 12.5. The molecule has 0 aromatic heterocycles. The number of rotatable bonds is 11. The zero-order valence-electron chi connectivity index (χ0n) is 22.8. The normalized spacial score (nSPS) is 11.8. The van der Waals surface area contributed by atoms with E-state index in [9.17, 15) is 22.9 Å². The van der Waals surface area contributed by atoms with E-state index in [1.807, 2.05) is 0 Å². The molecule has 0 spiro atoms. The minimum Gasteiger partial charge on any atom is -0.494 e. The average molecular weight is 594 g/mol. The molecular weight excluding hydrogens is 566 g/mol. The van der Waals surface area contributed by atoms with E-state index in [4.69, 9.17) is 19.9 Å². The predicted molar refractivity (Wildman–Crippen MR) is 155 cm³/mol. The van der Waals surface area contributed by atoms with E-state index in [1.165, 1.54) is 37.4 Å². The molecule has 0 fully saturated rings. The molecule has 0 aliphatic heterocycles. The van der Waals surface area contributed by atoms with Gasteiger partial charge in [-0.2, -0.15) is 13.5 Å². The number of nitrogen functional groups attached to an aromatic ring is 1. The van der Waals surface area contributed by atoms with Crippen molar-refractivity contribution in [1.82, 2.24) is 0 Å². The number of methoxy groups -OCH3 is 1. The number of carboxylic acid groups (broad SMARTS) is 1. The molecule has 4 aromatic rings. The van der Waals surface area contributed by atoms with Gasteiger partial charge in [-0.3, -0.25) is 4.55 Å². The zero-order valence-corrected chi connectivity index (χ0v) is 23.6. The predicted octanol–water partition coefficient (Wildman–Crippen LogP) is 7.00. The van der Waals surface area contributed by atoms with Crippen LogP contribution in [0.3, 0.4) is 0 Å². The highest BCUT2D eigenvalue weighted by Gasteiger charge is 2.23. The van der Waals surface area contributed by atoms with Crippen LogP contribution in [0.5, 0.6) is 17.2 Å². The van der Waals surface area contributed by atoms with E-state index in [2.05, 4.69) is 20.5 Å². The van der Waals surface area contributed by atoms with Crippen LogP contribution in [-0.4, -0.2) is 44.4 Å².